The molecule has 0 radical (unpaired) electrons. The second kappa shape index (κ2) is 10.5. The first-order chi connectivity index (χ1) is 23.8. The number of benzene rings is 7. The molecule has 0 spiro atoms. The highest BCUT2D eigenvalue weighted by molar-refractivity contribution is 6.30. The molecule has 0 atom stereocenters. The molecule has 0 saturated carbocycles. The molecular weight excluding hydrogens is 587 g/mol. The summed E-state index contributed by atoms with van der Waals surface area (Å²) >= 11 is 0. The third-order valence-electron chi connectivity index (χ3n) is 9.36. The molecule has 0 bridgehead atoms. The summed E-state index contributed by atoms with van der Waals surface area (Å²) in [6.45, 7) is 0. The van der Waals surface area contributed by atoms with Crippen molar-refractivity contribution < 1.29 is 4.42 Å². The second-order valence-electron chi connectivity index (χ2n) is 12.2. The lowest BCUT2D eigenvalue weighted by Crippen LogP contribution is -1.97. The van der Waals surface area contributed by atoms with Crippen LogP contribution in [-0.4, -0.2) is 14.5 Å². The maximum atomic E-state index is 6.79. The molecule has 3 heterocycles. The number of rotatable bonds is 4. The Labute approximate surface area is 276 Å². The number of aromatic nitrogens is 3. The molecule has 10 aromatic rings. The Morgan fingerprint density at radius 2 is 1.12 bits per heavy atom. The molecular formula is C44H27N3O. The van der Waals surface area contributed by atoms with Crippen LogP contribution in [0.2, 0.25) is 0 Å². The van der Waals surface area contributed by atoms with E-state index in [2.05, 4.69) is 144 Å². The first-order valence-corrected chi connectivity index (χ1v) is 16.2. The van der Waals surface area contributed by atoms with Gasteiger partial charge in [-0.2, -0.15) is 0 Å². The van der Waals surface area contributed by atoms with Gasteiger partial charge in [-0.05, 0) is 54.1 Å². The predicted octanol–water partition coefficient (Wildman–Crippen LogP) is 11.6. The Morgan fingerprint density at radius 1 is 0.458 bits per heavy atom. The van der Waals surface area contributed by atoms with Gasteiger partial charge in [-0.25, -0.2) is 9.97 Å². The van der Waals surface area contributed by atoms with Gasteiger partial charge >= 0.3 is 0 Å². The highest BCUT2D eigenvalue weighted by Gasteiger charge is 2.22. The van der Waals surface area contributed by atoms with E-state index in [4.69, 9.17) is 14.4 Å². The van der Waals surface area contributed by atoms with Gasteiger partial charge in [0.05, 0.1) is 22.2 Å². The van der Waals surface area contributed by atoms with Gasteiger partial charge < -0.3 is 4.42 Å². The maximum Gasteiger partial charge on any atom is 0.145 e. The SMILES string of the molecule is c1ccc(-c2nc3ccccc3c3c2cc(-c2cccc(-c4nc5ccccc5n4-c4ccccc4)c2)c2oc4ccccc4c23)cc1. The van der Waals surface area contributed by atoms with Crippen LogP contribution in [0.25, 0.3) is 94.1 Å². The molecule has 0 amide bonds. The largest absolute Gasteiger partial charge is 0.455 e. The Kier molecular flexibility index (Phi) is 5.84. The molecule has 0 saturated heterocycles. The summed E-state index contributed by atoms with van der Waals surface area (Å²) in [6.07, 6.45) is 0. The van der Waals surface area contributed by atoms with Crippen LogP contribution >= 0.6 is 0 Å². The van der Waals surface area contributed by atoms with Gasteiger partial charge in [0.25, 0.3) is 0 Å². The van der Waals surface area contributed by atoms with E-state index >= 15 is 0 Å². The van der Waals surface area contributed by atoms with Crippen LogP contribution < -0.4 is 0 Å². The molecule has 10 rings (SSSR count). The van der Waals surface area contributed by atoms with Crippen LogP contribution in [0.1, 0.15) is 0 Å². The van der Waals surface area contributed by atoms with Crippen molar-refractivity contribution >= 4 is 54.6 Å². The van der Waals surface area contributed by atoms with E-state index in [0.717, 1.165) is 94.1 Å². The van der Waals surface area contributed by atoms with Gasteiger partial charge in [0.1, 0.15) is 17.0 Å². The standard InChI is InChI=1S/C44H27N3O/c1-3-14-28(15-4-1)42-35-27-34(43-41(33-21-8-12-25-39(33)48-43)40(35)32-20-7-9-22-36(32)45-42)29-16-13-17-30(26-29)44-46-37-23-10-11-24-38(37)47(44)31-18-5-2-6-19-31/h1-27H. The van der Waals surface area contributed by atoms with E-state index in [0.29, 0.717) is 0 Å². The Balaban J connectivity index is 1.31. The van der Waals surface area contributed by atoms with Crippen LogP contribution in [0.3, 0.4) is 0 Å². The van der Waals surface area contributed by atoms with Crippen LogP contribution in [-0.2, 0) is 0 Å². The number of fused-ring (bicyclic) bond motifs is 8. The number of pyridine rings is 1. The van der Waals surface area contributed by atoms with Gasteiger partial charge in [-0.1, -0.05) is 115 Å². The van der Waals surface area contributed by atoms with Crippen LogP contribution in [0.4, 0.5) is 0 Å². The van der Waals surface area contributed by atoms with E-state index in [1.54, 1.807) is 0 Å². The Hall–Kier alpha value is -6.52. The fraction of sp³-hybridized carbons (Fsp3) is 0. The quantitative estimate of drug-likeness (QED) is 0.186. The maximum absolute atomic E-state index is 6.79. The fourth-order valence-electron chi connectivity index (χ4n) is 7.24. The van der Waals surface area contributed by atoms with Crippen molar-refractivity contribution in [2.75, 3.05) is 0 Å². The summed E-state index contributed by atoms with van der Waals surface area (Å²) in [4.78, 5) is 10.4. The number of para-hydroxylation sites is 5. The van der Waals surface area contributed by atoms with Crippen molar-refractivity contribution in [3.05, 3.63) is 164 Å². The summed E-state index contributed by atoms with van der Waals surface area (Å²) in [5.41, 5.74) is 10.9. The van der Waals surface area contributed by atoms with Gasteiger partial charge in [-0.3, -0.25) is 4.57 Å². The highest BCUT2D eigenvalue weighted by Crippen LogP contribution is 2.46. The molecule has 48 heavy (non-hydrogen) atoms. The van der Waals surface area contributed by atoms with Gasteiger partial charge in [0, 0.05) is 49.3 Å². The van der Waals surface area contributed by atoms with E-state index < -0.39 is 0 Å². The van der Waals surface area contributed by atoms with Crippen LogP contribution in [0.5, 0.6) is 0 Å². The molecule has 0 aliphatic carbocycles. The number of furan rings is 1. The van der Waals surface area contributed by atoms with E-state index in [1.165, 1.54) is 0 Å². The zero-order valence-corrected chi connectivity index (χ0v) is 25.8. The number of imidazole rings is 1. The lowest BCUT2D eigenvalue weighted by molar-refractivity contribution is 0.670. The second-order valence-corrected chi connectivity index (χ2v) is 12.2. The Bertz CT molecular complexity index is 2830. The molecule has 0 unspecified atom stereocenters. The minimum absolute atomic E-state index is 0.866. The Morgan fingerprint density at radius 3 is 1.98 bits per heavy atom. The monoisotopic (exact) mass is 613 g/mol. The molecule has 3 aromatic heterocycles. The third-order valence-corrected chi connectivity index (χ3v) is 9.36. The van der Waals surface area contributed by atoms with E-state index in [1.807, 2.05) is 24.3 Å². The zero-order chi connectivity index (χ0) is 31.6. The van der Waals surface area contributed by atoms with Crippen LogP contribution in [0, 0.1) is 0 Å². The topological polar surface area (TPSA) is 43.9 Å². The van der Waals surface area contributed by atoms with Gasteiger partial charge in [0.2, 0.25) is 0 Å². The number of nitrogens with zero attached hydrogens (tertiary/aromatic N) is 3. The third kappa shape index (κ3) is 4.03. The first kappa shape index (κ1) is 26.7. The summed E-state index contributed by atoms with van der Waals surface area (Å²) in [7, 11) is 0. The average Bonchev–Trinajstić information content (AvgIpc) is 3.74. The van der Waals surface area contributed by atoms with Crippen molar-refractivity contribution in [3.8, 4) is 39.5 Å². The molecule has 4 heteroatoms. The normalized spacial score (nSPS) is 11.8. The molecule has 0 aliphatic rings. The van der Waals surface area contributed by atoms with Crippen LogP contribution in [0.15, 0.2) is 168 Å². The first-order valence-electron chi connectivity index (χ1n) is 16.2. The molecule has 4 nitrogen and oxygen atoms in total. The van der Waals surface area contributed by atoms with Gasteiger partial charge in [-0.15, -0.1) is 0 Å². The van der Waals surface area contributed by atoms with Crippen molar-refractivity contribution in [1.29, 1.82) is 0 Å². The smallest absolute Gasteiger partial charge is 0.145 e. The van der Waals surface area contributed by atoms with Crippen molar-refractivity contribution in [3.63, 3.8) is 0 Å². The summed E-state index contributed by atoms with van der Waals surface area (Å²) < 4.78 is 9.03. The average molecular weight is 614 g/mol. The zero-order valence-electron chi connectivity index (χ0n) is 25.8. The lowest BCUT2D eigenvalue weighted by atomic mass is 9.91. The fourth-order valence-corrected chi connectivity index (χ4v) is 7.24. The van der Waals surface area contributed by atoms with E-state index in [-0.39, 0.29) is 0 Å². The van der Waals surface area contributed by atoms with Crippen molar-refractivity contribution in [1.82, 2.24) is 14.5 Å². The van der Waals surface area contributed by atoms with Crippen molar-refractivity contribution in [2.45, 2.75) is 0 Å². The van der Waals surface area contributed by atoms with Gasteiger partial charge in [0.15, 0.2) is 0 Å². The minimum atomic E-state index is 0.866. The number of hydrogen-bond donors (Lipinski definition) is 0. The predicted molar refractivity (Wildman–Crippen MR) is 197 cm³/mol. The molecule has 0 N–H and O–H groups in total. The van der Waals surface area contributed by atoms with E-state index in [9.17, 15) is 0 Å². The highest BCUT2D eigenvalue weighted by atomic mass is 16.3. The summed E-state index contributed by atoms with van der Waals surface area (Å²) in [5, 5.41) is 5.56. The summed E-state index contributed by atoms with van der Waals surface area (Å²) in [5.74, 6) is 0.892. The molecule has 224 valence electrons. The van der Waals surface area contributed by atoms with Crippen molar-refractivity contribution in [2.24, 2.45) is 0 Å². The minimum Gasteiger partial charge on any atom is -0.455 e. The lowest BCUT2D eigenvalue weighted by Gasteiger charge is -2.14. The number of hydrogen-bond acceptors (Lipinski definition) is 3. The molecule has 7 aromatic carbocycles. The molecule has 0 fully saturated rings. The summed E-state index contributed by atoms with van der Waals surface area (Å²) in [6, 6.07) is 57.0. The molecule has 0 aliphatic heterocycles.